The third-order valence-electron chi connectivity index (χ3n) is 3.35. The van der Waals surface area contributed by atoms with Crippen LogP contribution in [-0.4, -0.2) is 38.1 Å². The Morgan fingerprint density at radius 3 is 2.57 bits per heavy atom. The highest BCUT2D eigenvalue weighted by Crippen LogP contribution is 2.33. The lowest BCUT2D eigenvalue weighted by atomic mass is 9.82. The van der Waals surface area contributed by atoms with Crippen LogP contribution in [-0.2, 0) is 9.47 Å². The highest BCUT2D eigenvalue weighted by Gasteiger charge is 2.33. The average Bonchev–Trinajstić information content (AvgIpc) is 3.03. The normalized spacial score (nSPS) is 26.4. The second kappa shape index (κ2) is 4.60. The van der Waals surface area contributed by atoms with Crippen LogP contribution >= 0.6 is 0 Å². The van der Waals surface area contributed by atoms with Crippen molar-refractivity contribution in [1.82, 2.24) is 0 Å². The summed E-state index contributed by atoms with van der Waals surface area (Å²) in [6.07, 6.45) is 4.53. The Hall–Kier alpha value is -0.120. The predicted octanol–water partition coefficient (Wildman–Crippen LogP) is 1.20. The molecule has 14 heavy (non-hydrogen) atoms. The molecule has 1 N–H and O–H groups in total. The third kappa shape index (κ3) is 2.69. The van der Waals surface area contributed by atoms with E-state index in [9.17, 15) is 5.11 Å². The van der Waals surface area contributed by atoms with Crippen LogP contribution in [0.15, 0.2) is 0 Å². The smallest absolute Gasteiger partial charge is 0.0546 e. The first-order valence-electron chi connectivity index (χ1n) is 5.61. The van der Waals surface area contributed by atoms with Crippen molar-refractivity contribution in [2.24, 2.45) is 11.3 Å². The van der Waals surface area contributed by atoms with E-state index in [1.807, 2.05) is 0 Å². The number of hydrogen-bond donors (Lipinski definition) is 1. The van der Waals surface area contributed by atoms with Gasteiger partial charge < -0.3 is 14.6 Å². The third-order valence-corrected chi connectivity index (χ3v) is 3.35. The van der Waals surface area contributed by atoms with Crippen LogP contribution in [0.5, 0.6) is 0 Å². The first-order valence-corrected chi connectivity index (χ1v) is 5.61. The molecule has 3 heteroatoms. The summed E-state index contributed by atoms with van der Waals surface area (Å²) in [6.45, 7) is 3.38. The lowest BCUT2D eigenvalue weighted by molar-refractivity contribution is -0.0666. The highest BCUT2D eigenvalue weighted by molar-refractivity contribution is 4.81. The Bertz CT molecular complexity index is 171. The van der Waals surface area contributed by atoms with Crippen LogP contribution < -0.4 is 0 Å². The van der Waals surface area contributed by atoms with Gasteiger partial charge in [-0.3, -0.25) is 0 Å². The molecule has 2 fully saturated rings. The van der Waals surface area contributed by atoms with E-state index in [4.69, 9.17) is 9.47 Å². The Morgan fingerprint density at radius 2 is 2.00 bits per heavy atom. The summed E-state index contributed by atoms with van der Waals surface area (Å²) < 4.78 is 11.0. The van der Waals surface area contributed by atoms with Crippen LogP contribution in [0.4, 0.5) is 0 Å². The Labute approximate surface area is 85.4 Å². The number of hydrogen-bond acceptors (Lipinski definition) is 3. The van der Waals surface area contributed by atoms with E-state index in [0.29, 0.717) is 6.61 Å². The van der Waals surface area contributed by atoms with Gasteiger partial charge in [0.05, 0.1) is 13.2 Å². The lowest BCUT2D eigenvalue weighted by Gasteiger charge is -2.35. The van der Waals surface area contributed by atoms with Crippen LogP contribution in [0.1, 0.15) is 25.7 Å². The van der Waals surface area contributed by atoms with Crippen LogP contribution in [0.2, 0.25) is 0 Å². The summed E-state index contributed by atoms with van der Waals surface area (Å²) in [5, 5.41) is 9.39. The molecule has 82 valence electrons. The number of aliphatic hydroxyl groups excluding tert-OH is 1. The molecule has 0 amide bonds. The highest BCUT2D eigenvalue weighted by atomic mass is 16.5. The van der Waals surface area contributed by atoms with E-state index in [-0.39, 0.29) is 12.0 Å². The molecule has 0 radical (unpaired) electrons. The van der Waals surface area contributed by atoms with Gasteiger partial charge in [0.1, 0.15) is 0 Å². The zero-order valence-electron chi connectivity index (χ0n) is 8.71. The van der Waals surface area contributed by atoms with E-state index >= 15 is 0 Å². The van der Waals surface area contributed by atoms with Crippen LogP contribution in [0.25, 0.3) is 0 Å². The molecule has 0 atom stereocenters. The van der Waals surface area contributed by atoms with Crippen molar-refractivity contribution in [3.8, 4) is 0 Å². The molecular weight excluding hydrogens is 180 g/mol. The van der Waals surface area contributed by atoms with E-state index < -0.39 is 0 Å². The standard InChI is InChI=1S/C11H20O3/c12-8-11(3-5-13-6-4-11)9-14-7-10-1-2-10/h10,12H,1-9H2. The summed E-state index contributed by atoms with van der Waals surface area (Å²) >= 11 is 0. The minimum atomic E-state index is -0.00681. The minimum absolute atomic E-state index is 0.00681. The van der Waals surface area contributed by atoms with Crippen molar-refractivity contribution in [3.63, 3.8) is 0 Å². The second-order valence-electron chi connectivity index (χ2n) is 4.73. The van der Waals surface area contributed by atoms with Crippen molar-refractivity contribution in [2.45, 2.75) is 25.7 Å². The lowest BCUT2D eigenvalue weighted by Crippen LogP contribution is -2.37. The zero-order valence-corrected chi connectivity index (χ0v) is 8.71. The number of aliphatic hydroxyl groups is 1. The van der Waals surface area contributed by atoms with Crippen molar-refractivity contribution in [1.29, 1.82) is 0 Å². The van der Waals surface area contributed by atoms with Gasteiger partial charge in [0.2, 0.25) is 0 Å². The molecule has 0 aromatic carbocycles. The molecule has 0 aromatic rings. The molecule has 1 aliphatic heterocycles. The maximum atomic E-state index is 9.39. The molecule has 1 saturated heterocycles. The van der Waals surface area contributed by atoms with Gasteiger partial charge in [-0.2, -0.15) is 0 Å². The Morgan fingerprint density at radius 1 is 1.29 bits per heavy atom. The fraction of sp³-hybridized carbons (Fsp3) is 1.00. The van der Waals surface area contributed by atoms with E-state index in [1.54, 1.807) is 0 Å². The Balaban J connectivity index is 1.71. The SMILES string of the molecule is OCC1(COCC2CC2)CCOCC1. The molecule has 3 nitrogen and oxygen atoms in total. The molecule has 0 aromatic heterocycles. The Kier molecular flexibility index (Phi) is 3.42. The van der Waals surface area contributed by atoms with Crippen molar-refractivity contribution in [2.75, 3.05) is 33.0 Å². The number of ether oxygens (including phenoxy) is 2. The number of rotatable bonds is 5. The predicted molar refractivity (Wildman–Crippen MR) is 53.1 cm³/mol. The van der Waals surface area contributed by atoms with Crippen molar-refractivity contribution < 1.29 is 14.6 Å². The van der Waals surface area contributed by atoms with E-state index in [2.05, 4.69) is 0 Å². The molecule has 1 saturated carbocycles. The van der Waals surface area contributed by atoms with Gasteiger partial charge in [0, 0.05) is 25.2 Å². The quantitative estimate of drug-likeness (QED) is 0.724. The largest absolute Gasteiger partial charge is 0.396 e. The van der Waals surface area contributed by atoms with Crippen molar-refractivity contribution in [3.05, 3.63) is 0 Å². The molecule has 2 rings (SSSR count). The zero-order chi connectivity index (χ0) is 9.86. The van der Waals surface area contributed by atoms with Gasteiger partial charge in [-0.15, -0.1) is 0 Å². The van der Waals surface area contributed by atoms with Gasteiger partial charge in [0.15, 0.2) is 0 Å². The van der Waals surface area contributed by atoms with Gasteiger partial charge in [0.25, 0.3) is 0 Å². The first kappa shape index (κ1) is 10.4. The van der Waals surface area contributed by atoms with Crippen LogP contribution in [0, 0.1) is 11.3 Å². The maximum Gasteiger partial charge on any atom is 0.0546 e. The topological polar surface area (TPSA) is 38.7 Å². The summed E-state index contributed by atoms with van der Waals surface area (Å²) in [5.41, 5.74) is -0.00681. The fourth-order valence-corrected chi connectivity index (χ4v) is 1.88. The summed E-state index contributed by atoms with van der Waals surface area (Å²) in [5.74, 6) is 0.811. The minimum Gasteiger partial charge on any atom is -0.396 e. The van der Waals surface area contributed by atoms with E-state index in [0.717, 1.165) is 38.6 Å². The molecule has 0 spiro atoms. The molecule has 1 heterocycles. The second-order valence-corrected chi connectivity index (χ2v) is 4.73. The summed E-state index contributed by atoms with van der Waals surface area (Å²) in [6, 6.07) is 0. The summed E-state index contributed by atoms with van der Waals surface area (Å²) in [4.78, 5) is 0. The van der Waals surface area contributed by atoms with E-state index in [1.165, 1.54) is 12.8 Å². The van der Waals surface area contributed by atoms with Crippen molar-refractivity contribution >= 4 is 0 Å². The molecule has 0 unspecified atom stereocenters. The molecular formula is C11H20O3. The average molecular weight is 200 g/mol. The maximum absolute atomic E-state index is 9.39. The molecule has 0 bridgehead atoms. The van der Waals surface area contributed by atoms with Gasteiger partial charge in [-0.05, 0) is 31.6 Å². The fourth-order valence-electron chi connectivity index (χ4n) is 1.88. The van der Waals surface area contributed by atoms with Gasteiger partial charge in [-0.1, -0.05) is 0 Å². The van der Waals surface area contributed by atoms with Crippen LogP contribution in [0.3, 0.4) is 0 Å². The first-order chi connectivity index (χ1) is 6.85. The molecule has 1 aliphatic carbocycles. The molecule has 2 aliphatic rings. The van der Waals surface area contributed by atoms with Gasteiger partial charge in [-0.25, -0.2) is 0 Å². The monoisotopic (exact) mass is 200 g/mol. The van der Waals surface area contributed by atoms with Gasteiger partial charge >= 0.3 is 0 Å². The summed E-state index contributed by atoms with van der Waals surface area (Å²) in [7, 11) is 0.